The van der Waals surface area contributed by atoms with E-state index in [-0.39, 0.29) is 5.78 Å². The Balaban J connectivity index is 2.00. The Morgan fingerprint density at radius 2 is 1.42 bits per heavy atom. The van der Waals surface area contributed by atoms with Crippen molar-refractivity contribution in [2.24, 2.45) is 0 Å². The lowest BCUT2D eigenvalue weighted by Crippen LogP contribution is -2.15. The van der Waals surface area contributed by atoms with Crippen LogP contribution in [0.15, 0.2) is 60.7 Å². The van der Waals surface area contributed by atoms with Crippen LogP contribution in [-0.4, -0.2) is 12.9 Å². The van der Waals surface area contributed by atoms with Crippen molar-refractivity contribution in [3.8, 4) is 5.75 Å². The normalized spacial score (nSPS) is 14.1. The van der Waals surface area contributed by atoms with Crippen LogP contribution in [0.4, 0.5) is 0 Å². The summed E-state index contributed by atoms with van der Waals surface area (Å²) in [6, 6.07) is 18.6. The molecule has 0 aliphatic heterocycles. The van der Waals surface area contributed by atoms with Gasteiger partial charge in [-0.05, 0) is 47.0 Å². The highest BCUT2D eigenvalue weighted by Gasteiger charge is 2.30. The smallest absolute Gasteiger partial charge is 0.195 e. The summed E-state index contributed by atoms with van der Waals surface area (Å²) in [5.74, 6) is 0.683. The maximum absolute atomic E-state index is 13.0. The molecule has 0 aromatic heterocycles. The predicted molar refractivity (Wildman–Crippen MR) is 106 cm³/mol. The molecule has 1 aliphatic rings. The number of methoxy groups -OCH3 is 1. The average molecular weight is 381 g/mol. The molecular formula is C22H14Cl2O2. The molecule has 0 radical (unpaired) electrons. The Hall–Kier alpha value is -2.55. The topological polar surface area (TPSA) is 26.3 Å². The summed E-state index contributed by atoms with van der Waals surface area (Å²) in [6.07, 6.45) is 2.02. The molecule has 0 atom stereocenters. The number of fused-ring (bicyclic) bond motifs is 2. The molecule has 0 spiro atoms. The van der Waals surface area contributed by atoms with Crippen LogP contribution in [0.25, 0.3) is 11.6 Å². The highest BCUT2D eigenvalue weighted by molar-refractivity contribution is 6.39. The van der Waals surface area contributed by atoms with Crippen LogP contribution in [0.1, 0.15) is 32.6 Å². The van der Waals surface area contributed by atoms with Crippen LogP contribution in [0, 0.1) is 0 Å². The minimum Gasteiger partial charge on any atom is -0.497 e. The number of hydrogen-bond acceptors (Lipinski definition) is 2. The van der Waals surface area contributed by atoms with Crippen molar-refractivity contribution in [1.82, 2.24) is 0 Å². The van der Waals surface area contributed by atoms with Crippen molar-refractivity contribution in [3.63, 3.8) is 0 Å². The molecule has 3 aromatic carbocycles. The number of rotatable bonds is 2. The monoisotopic (exact) mass is 380 g/mol. The molecule has 4 heteroatoms. The first-order valence-corrected chi connectivity index (χ1v) is 8.84. The SMILES string of the molecule is COc1ccc(/C=C2/c3cccc(Cl)c3C(=O)c3cccc(Cl)c32)cc1. The lowest BCUT2D eigenvalue weighted by molar-refractivity contribution is 0.103. The fourth-order valence-electron chi connectivity index (χ4n) is 3.25. The van der Waals surface area contributed by atoms with Crippen molar-refractivity contribution < 1.29 is 9.53 Å². The summed E-state index contributed by atoms with van der Waals surface area (Å²) in [5.41, 5.74) is 4.48. The van der Waals surface area contributed by atoms with Crippen molar-refractivity contribution in [1.29, 1.82) is 0 Å². The zero-order chi connectivity index (χ0) is 18.3. The minimum atomic E-state index is -0.102. The van der Waals surface area contributed by atoms with Crippen LogP contribution in [0.3, 0.4) is 0 Å². The van der Waals surface area contributed by atoms with Gasteiger partial charge in [-0.25, -0.2) is 0 Å². The third kappa shape index (κ3) is 2.72. The van der Waals surface area contributed by atoms with E-state index in [1.165, 1.54) is 0 Å². The van der Waals surface area contributed by atoms with E-state index < -0.39 is 0 Å². The summed E-state index contributed by atoms with van der Waals surface area (Å²) < 4.78 is 5.22. The molecular weight excluding hydrogens is 367 g/mol. The summed E-state index contributed by atoms with van der Waals surface area (Å²) in [6.45, 7) is 0. The van der Waals surface area contributed by atoms with E-state index in [1.807, 2.05) is 42.5 Å². The highest BCUT2D eigenvalue weighted by atomic mass is 35.5. The van der Waals surface area contributed by atoms with E-state index in [1.54, 1.807) is 31.4 Å². The first-order chi connectivity index (χ1) is 12.6. The van der Waals surface area contributed by atoms with Crippen molar-refractivity contribution in [2.45, 2.75) is 0 Å². The predicted octanol–water partition coefficient (Wildman–Crippen LogP) is 6.14. The van der Waals surface area contributed by atoms with E-state index in [9.17, 15) is 4.79 Å². The van der Waals surface area contributed by atoms with Gasteiger partial charge in [0.25, 0.3) is 0 Å². The second-order valence-electron chi connectivity index (χ2n) is 5.99. The summed E-state index contributed by atoms with van der Waals surface area (Å²) in [7, 11) is 1.63. The van der Waals surface area contributed by atoms with Crippen LogP contribution >= 0.6 is 23.2 Å². The number of hydrogen-bond donors (Lipinski definition) is 0. The van der Waals surface area contributed by atoms with Crippen LogP contribution < -0.4 is 4.74 Å². The zero-order valence-electron chi connectivity index (χ0n) is 13.9. The van der Waals surface area contributed by atoms with Crippen LogP contribution in [0.2, 0.25) is 10.0 Å². The molecule has 1 aliphatic carbocycles. The molecule has 2 nitrogen and oxygen atoms in total. The molecule has 26 heavy (non-hydrogen) atoms. The fourth-order valence-corrected chi connectivity index (χ4v) is 3.79. The van der Waals surface area contributed by atoms with E-state index in [2.05, 4.69) is 0 Å². The average Bonchev–Trinajstić information content (AvgIpc) is 2.65. The molecule has 0 N–H and O–H groups in total. The number of benzene rings is 3. The van der Waals surface area contributed by atoms with Gasteiger partial charge >= 0.3 is 0 Å². The molecule has 0 amide bonds. The summed E-state index contributed by atoms with van der Waals surface area (Å²) in [4.78, 5) is 13.0. The quantitative estimate of drug-likeness (QED) is 0.417. The standard InChI is InChI=1S/C22H14Cl2O2/c1-26-14-10-8-13(9-11-14)12-17-15-4-2-7-19(24)21(15)22(25)16-5-3-6-18(23)20(16)17/h2-12H,1H3/b17-12-. The Morgan fingerprint density at radius 1 is 0.808 bits per heavy atom. The molecule has 0 heterocycles. The van der Waals surface area contributed by atoms with Gasteiger partial charge in [0.05, 0.1) is 12.1 Å². The van der Waals surface area contributed by atoms with E-state index >= 15 is 0 Å². The van der Waals surface area contributed by atoms with E-state index in [0.29, 0.717) is 21.2 Å². The van der Waals surface area contributed by atoms with Crippen molar-refractivity contribution in [3.05, 3.63) is 98.5 Å². The minimum absolute atomic E-state index is 0.102. The lowest BCUT2D eigenvalue weighted by Gasteiger charge is -2.23. The Morgan fingerprint density at radius 3 is 2.08 bits per heavy atom. The van der Waals surface area contributed by atoms with Gasteiger partial charge in [0, 0.05) is 21.7 Å². The first kappa shape index (κ1) is 16.9. The maximum Gasteiger partial charge on any atom is 0.195 e. The zero-order valence-corrected chi connectivity index (χ0v) is 15.4. The van der Waals surface area contributed by atoms with Crippen molar-refractivity contribution >= 4 is 40.6 Å². The van der Waals surface area contributed by atoms with Gasteiger partial charge in [-0.3, -0.25) is 4.79 Å². The Bertz CT molecular complexity index is 1050. The molecule has 128 valence electrons. The maximum atomic E-state index is 13.0. The highest BCUT2D eigenvalue weighted by Crippen LogP contribution is 2.42. The number of carbonyl (C=O) groups excluding carboxylic acids is 1. The number of halogens is 2. The summed E-state index contributed by atoms with van der Waals surface area (Å²) >= 11 is 12.8. The van der Waals surface area contributed by atoms with Gasteiger partial charge in [0.2, 0.25) is 0 Å². The lowest BCUT2D eigenvalue weighted by atomic mass is 9.80. The van der Waals surface area contributed by atoms with Gasteiger partial charge in [-0.15, -0.1) is 0 Å². The second kappa shape index (κ2) is 6.64. The third-order valence-corrected chi connectivity index (χ3v) is 5.12. The molecule has 0 unspecified atom stereocenters. The van der Waals surface area contributed by atoms with Gasteiger partial charge in [-0.1, -0.05) is 59.6 Å². The van der Waals surface area contributed by atoms with Gasteiger partial charge < -0.3 is 4.74 Å². The molecule has 4 rings (SSSR count). The van der Waals surface area contributed by atoms with E-state index in [4.69, 9.17) is 27.9 Å². The third-order valence-electron chi connectivity index (χ3n) is 4.49. The largest absolute Gasteiger partial charge is 0.497 e. The molecule has 0 bridgehead atoms. The summed E-state index contributed by atoms with van der Waals surface area (Å²) in [5, 5.41) is 0.986. The number of ether oxygens (including phenoxy) is 1. The fraction of sp³-hybridized carbons (Fsp3) is 0.0455. The molecule has 0 saturated heterocycles. The first-order valence-electron chi connectivity index (χ1n) is 8.08. The van der Waals surface area contributed by atoms with E-state index in [0.717, 1.165) is 28.0 Å². The molecule has 3 aromatic rings. The Labute approximate surface area is 161 Å². The van der Waals surface area contributed by atoms with Crippen molar-refractivity contribution in [2.75, 3.05) is 7.11 Å². The number of ketones is 1. The molecule has 0 fully saturated rings. The Kier molecular flexibility index (Phi) is 4.31. The van der Waals surface area contributed by atoms with Gasteiger partial charge in [0.15, 0.2) is 5.78 Å². The molecule has 0 saturated carbocycles. The second-order valence-corrected chi connectivity index (χ2v) is 6.80. The van der Waals surface area contributed by atoms with Crippen LogP contribution in [0.5, 0.6) is 5.75 Å². The van der Waals surface area contributed by atoms with Gasteiger partial charge in [-0.2, -0.15) is 0 Å². The van der Waals surface area contributed by atoms with Crippen LogP contribution in [-0.2, 0) is 0 Å². The van der Waals surface area contributed by atoms with Gasteiger partial charge in [0.1, 0.15) is 5.75 Å². The number of carbonyl (C=O) groups is 1.